The van der Waals surface area contributed by atoms with Crippen molar-refractivity contribution in [1.29, 1.82) is 0 Å². The van der Waals surface area contributed by atoms with Crippen LogP contribution in [0.4, 0.5) is 5.82 Å². The zero-order valence-electron chi connectivity index (χ0n) is 9.91. The van der Waals surface area contributed by atoms with Gasteiger partial charge in [0.15, 0.2) is 0 Å². The molecule has 4 heteroatoms. The first-order valence-electron chi connectivity index (χ1n) is 5.81. The molecular weight excluding hydrogens is 266 g/mol. The van der Waals surface area contributed by atoms with Gasteiger partial charge in [-0.2, -0.15) is 0 Å². The second-order valence-electron chi connectivity index (χ2n) is 4.20. The van der Waals surface area contributed by atoms with Crippen LogP contribution in [0.2, 0.25) is 0 Å². The molecule has 3 nitrogen and oxygen atoms in total. The minimum Gasteiger partial charge on any atom is -0.354 e. The van der Waals surface area contributed by atoms with E-state index < -0.39 is 0 Å². The average molecular weight is 284 g/mol. The zero-order chi connectivity index (χ0) is 11.5. The molecule has 0 amide bonds. The Labute approximate surface area is 106 Å². The third kappa shape index (κ3) is 2.55. The Balaban J connectivity index is 2.05. The van der Waals surface area contributed by atoms with Gasteiger partial charge in [-0.25, -0.2) is 4.98 Å². The molecule has 2 rings (SSSR count). The highest BCUT2D eigenvalue weighted by Crippen LogP contribution is 2.19. The van der Waals surface area contributed by atoms with Gasteiger partial charge < -0.3 is 9.80 Å². The van der Waals surface area contributed by atoms with Crippen molar-refractivity contribution in [2.24, 2.45) is 0 Å². The van der Waals surface area contributed by atoms with E-state index in [4.69, 9.17) is 0 Å². The first kappa shape index (κ1) is 11.9. The number of aryl methyl sites for hydroxylation is 1. The number of piperazine rings is 1. The summed E-state index contributed by atoms with van der Waals surface area (Å²) in [6.07, 6.45) is 0. The van der Waals surface area contributed by atoms with Gasteiger partial charge in [0, 0.05) is 26.2 Å². The molecule has 2 heterocycles. The van der Waals surface area contributed by atoms with Gasteiger partial charge in [0.1, 0.15) is 10.4 Å². The fourth-order valence-electron chi connectivity index (χ4n) is 1.96. The maximum absolute atomic E-state index is 4.57. The largest absolute Gasteiger partial charge is 0.354 e. The predicted molar refractivity (Wildman–Crippen MR) is 71.0 cm³/mol. The van der Waals surface area contributed by atoms with Gasteiger partial charge in [-0.15, -0.1) is 0 Å². The van der Waals surface area contributed by atoms with E-state index in [9.17, 15) is 0 Å². The predicted octanol–water partition coefficient (Wildman–Crippen LogP) is 2.29. The summed E-state index contributed by atoms with van der Waals surface area (Å²) in [6, 6.07) is 4.24. The fraction of sp³-hybridized carbons (Fsp3) is 0.583. The van der Waals surface area contributed by atoms with Crippen LogP contribution in [0.15, 0.2) is 16.7 Å². The number of hydrogen-bond acceptors (Lipinski definition) is 3. The monoisotopic (exact) mass is 283 g/mol. The Morgan fingerprint density at radius 2 is 1.94 bits per heavy atom. The van der Waals surface area contributed by atoms with E-state index in [2.05, 4.69) is 56.7 Å². The van der Waals surface area contributed by atoms with Crippen LogP contribution < -0.4 is 4.90 Å². The Bertz CT molecular complexity index is 359. The molecule has 1 aromatic heterocycles. The van der Waals surface area contributed by atoms with E-state index in [0.29, 0.717) is 0 Å². The number of likely N-dealkylation sites (N-methyl/N-ethyl adjacent to an activating group) is 1. The molecule has 16 heavy (non-hydrogen) atoms. The van der Waals surface area contributed by atoms with Crippen LogP contribution in [0, 0.1) is 6.92 Å². The number of pyridine rings is 1. The summed E-state index contributed by atoms with van der Waals surface area (Å²) in [5.74, 6) is 1.09. The topological polar surface area (TPSA) is 19.4 Å². The summed E-state index contributed by atoms with van der Waals surface area (Å²) in [6.45, 7) is 9.88. The molecule has 88 valence electrons. The Morgan fingerprint density at radius 3 is 2.50 bits per heavy atom. The smallest absolute Gasteiger partial charge is 0.129 e. The van der Waals surface area contributed by atoms with Gasteiger partial charge >= 0.3 is 0 Å². The fourth-order valence-corrected chi connectivity index (χ4v) is 2.28. The van der Waals surface area contributed by atoms with Gasteiger partial charge in [-0.1, -0.05) is 13.0 Å². The number of hydrogen-bond donors (Lipinski definition) is 0. The minimum atomic E-state index is 0.961. The summed E-state index contributed by atoms with van der Waals surface area (Å²) < 4.78 is 0.961. The van der Waals surface area contributed by atoms with Crippen molar-refractivity contribution in [3.63, 3.8) is 0 Å². The van der Waals surface area contributed by atoms with Crippen molar-refractivity contribution >= 4 is 21.7 Å². The van der Waals surface area contributed by atoms with E-state index in [1.54, 1.807) is 0 Å². The van der Waals surface area contributed by atoms with E-state index >= 15 is 0 Å². The van der Waals surface area contributed by atoms with Crippen LogP contribution in [0.1, 0.15) is 12.5 Å². The lowest BCUT2D eigenvalue weighted by Crippen LogP contribution is -2.46. The average Bonchev–Trinajstić information content (AvgIpc) is 2.33. The summed E-state index contributed by atoms with van der Waals surface area (Å²) in [5, 5.41) is 0. The molecule has 0 atom stereocenters. The number of nitrogens with zero attached hydrogens (tertiary/aromatic N) is 3. The standard InChI is InChI=1S/C12H18BrN3/c1-3-15-6-8-16(9-7-15)11-5-4-10(2)12(13)14-11/h4-5H,3,6-9H2,1-2H3. The summed E-state index contributed by atoms with van der Waals surface area (Å²) in [5.41, 5.74) is 1.19. The van der Waals surface area contributed by atoms with Crippen LogP contribution in [0.5, 0.6) is 0 Å². The van der Waals surface area contributed by atoms with Crippen molar-refractivity contribution in [3.05, 3.63) is 22.3 Å². The molecule has 0 saturated carbocycles. The van der Waals surface area contributed by atoms with E-state index in [1.165, 1.54) is 5.56 Å². The van der Waals surface area contributed by atoms with Gasteiger partial charge in [-0.05, 0) is 41.0 Å². The van der Waals surface area contributed by atoms with Gasteiger partial charge in [-0.3, -0.25) is 0 Å². The second-order valence-corrected chi connectivity index (χ2v) is 4.95. The van der Waals surface area contributed by atoms with Crippen molar-refractivity contribution in [2.75, 3.05) is 37.6 Å². The molecule has 0 radical (unpaired) electrons. The molecular formula is C12H18BrN3. The van der Waals surface area contributed by atoms with Crippen molar-refractivity contribution in [2.45, 2.75) is 13.8 Å². The molecule has 0 aliphatic carbocycles. The molecule has 1 fully saturated rings. The third-order valence-electron chi connectivity index (χ3n) is 3.16. The van der Waals surface area contributed by atoms with E-state index in [1.807, 2.05) is 0 Å². The molecule has 0 spiro atoms. The zero-order valence-corrected chi connectivity index (χ0v) is 11.5. The van der Waals surface area contributed by atoms with Crippen LogP contribution in [-0.4, -0.2) is 42.6 Å². The van der Waals surface area contributed by atoms with Crippen molar-refractivity contribution in [3.8, 4) is 0 Å². The van der Waals surface area contributed by atoms with Gasteiger partial charge in [0.2, 0.25) is 0 Å². The van der Waals surface area contributed by atoms with Crippen LogP contribution in [0.3, 0.4) is 0 Å². The highest BCUT2D eigenvalue weighted by Gasteiger charge is 2.16. The minimum absolute atomic E-state index is 0.961. The van der Waals surface area contributed by atoms with E-state index in [-0.39, 0.29) is 0 Å². The second kappa shape index (κ2) is 5.15. The number of aromatic nitrogens is 1. The van der Waals surface area contributed by atoms with Crippen LogP contribution >= 0.6 is 15.9 Å². The third-order valence-corrected chi connectivity index (χ3v) is 3.97. The lowest BCUT2D eigenvalue weighted by Gasteiger charge is -2.34. The molecule has 1 aliphatic heterocycles. The maximum atomic E-state index is 4.57. The molecule has 0 bridgehead atoms. The number of halogens is 1. The number of anilines is 1. The molecule has 0 unspecified atom stereocenters. The SMILES string of the molecule is CCN1CCN(c2ccc(C)c(Br)n2)CC1. The summed E-state index contributed by atoms with van der Waals surface area (Å²) in [4.78, 5) is 9.40. The summed E-state index contributed by atoms with van der Waals surface area (Å²) >= 11 is 3.49. The van der Waals surface area contributed by atoms with Gasteiger partial charge in [0.25, 0.3) is 0 Å². The quantitative estimate of drug-likeness (QED) is 0.777. The maximum Gasteiger partial charge on any atom is 0.129 e. The Morgan fingerprint density at radius 1 is 1.25 bits per heavy atom. The lowest BCUT2D eigenvalue weighted by atomic mass is 10.3. The van der Waals surface area contributed by atoms with Crippen molar-refractivity contribution in [1.82, 2.24) is 9.88 Å². The van der Waals surface area contributed by atoms with Crippen molar-refractivity contribution < 1.29 is 0 Å². The Hall–Kier alpha value is -0.610. The first-order chi connectivity index (χ1) is 7.70. The first-order valence-corrected chi connectivity index (χ1v) is 6.60. The van der Waals surface area contributed by atoms with Gasteiger partial charge in [0.05, 0.1) is 0 Å². The number of rotatable bonds is 2. The molecule has 1 saturated heterocycles. The highest BCUT2D eigenvalue weighted by atomic mass is 79.9. The van der Waals surface area contributed by atoms with E-state index in [0.717, 1.165) is 43.1 Å². The van der Waals surface area contributed by atoms with Crippen LogP contribution in [0.25, 0.3) is 0 Å². The normalized spacial score (nSPS) is 17.8. The molecule has 1 aliphatic rings. The molecule has 1 aromatic rings. The lowest BCUT2D eigenvalue weighted by molar-refractivity contribution is 0.270. The molecule has 0 N–H and O–H groups in total. The Kier molecular flexibility index (Phi) is 3.82. The molecule has 0 aromatic carbocycles. The highest BCUT2D eigenvalue weighted by molar-refractivity contribution is 9.10. The summed E-state index contributed by atoms with van der Waals surface area (Å²) in [7, 11) is 0. The van der Waals surface area contributed by atoms with Crippen LogP contribution in [-0.2, 0) is 0 Å².